The average molecular weight is 502 g/mol. The SMILES string of the molecule is C/C=C1\NC(=O)[C@H](C)NC(=O)[C@H](C(C)C)NC(=O)[C@@H](NC(=O)[C@@H](N)Cc2ccccc2)[C@@H](C)OC1=O. The van der Waals surface area contributed by atoms with Gasteiger partial charge in [0.1, 0.15) is 29.9 Å². The third-order valence-electron chi connectivity index (χ3n) is 5.74. The van der Waals surface area contributed by atoms with Gasteiger partial charge < -0.3 is 31.7 Å². The van der Waals surface area contributed by atoms with Gasteiger partial charge in [0.25, 0.3) is 0 Å². The number of ether oxygens (including phenoxy) is 1. The van der Waals surface area contributed by atoms with Crippen molar-refractivity contribution in [3.8, 4) is 0 Å². The number of esters is 1. The van der Waals surface area contributed by atoms with E-state index in [-0.39, 0.29) is 18.0 Å². The van der Waals surface area contributed by atoms with Gasteiger partial charge in [-0.1, -0.05) is 50.3 Å². The van der Waals surface area contributed by atoms with Gasteiger partial charge in [0.2, 0.25) is 23.6 Å². The van der Waals surface area contributed by atoms with Crippen LogP contribution >= 0.6 is 0 Å². The topological polar surface area (TPSA) is 169 Å². The van der Waals surface area contributed by atoms with E-state index < -0.39 is 59.9 Å². The van der Waals surface area contributed by atoms with Gasteiger partial charge in [0.15, 0.2) is 0 Å². The molecule has 1 heterocycles. The fraction of sp³-hybridized carbons (Fsp3) is 0.480. The first kappa shape index (κ1) is 28.5. The van der Waals surface area contributed by atoms with Crippen LogP contribution in [0.2, 0.25) is 0 Å². The Balaban J connectivity index is 2.34. The van der Waals surface area contributed by atoms with E-state index in [1.165, 1.54) is 26.8 Å². The number of nitrogens with one attached hydrogen (secondary N) is 4. The molecule has 0 radical (unpaired) electrons. The Bertz CT molecular complexity index is 1010. The van der Waals surface area contributed by atoms with E-state index in [1.807, 2.05) is 30.3 Å². The zero-order chi connectivity index (χ0) is 27.0. The highest BCUT2D eigenvalue weighted by Crippen LogP contribution is 2.10. The van der Waals surface area contributed by atoms with Crippen LogP contribution in [0.5, 0.6) is 0 Å². The van der Waals surface area contributed by atoms with Crippen molar-refractivity contribution in [2.24, 2.45) is 11.7 Å². The summed E-state index contributed by atoms with van der Waals surface area (Å²) in [6.07, 6.45) is 0.395. The summed E-state index contributed by atoms with van der Waals surface area (Å²) in [5, 5.41) is 10.1. The Morgan fingerprint density at radius 2 is 1.69 bits per heavy atom. The number of benzene rings is 1. The van der Waals surface area contributed by atoms with Gasteiger partial charge >= 0.3 is 5.97 Å². The lowest BCUT2D eigenvalue weighted by Crippen LogP contribution is -2.61. The third kappa shape index (κ3) is 7.64. The van der Waals surface area contributed by atoms with E-state index in [0.717, 1.165) is 5.56 Å². The van der Waals surface area contributed by atoms with Crippen molar-refractivity contribution in [1.82, 2.24) is 21.3 Å². The van der Waals surface area contributed by atoms with Gasteiger partial charge in [-0.25, -0.2) is 4.79 Å². The summed E-state index contributed by atoms with van der Waals surface area (Å²) in [6, 6.07) is 4.77. The number of rotatable bonds is 5. The van der Waals surface area contributed by atoms with Crippen LogP contribution in [0.15, 0.2) is 42.1 Å². The molecule has 0 aliphatic carbocycles. The normalized spacial score (nSPS) is 25.9. The number of amides is 4. The molecule has 4 amide bonds. The Kier molecular flexibility index (Phi) is 10.2. The maximum Gasteiger partial charge on any atom is 0.354 e. The van der Waals surface area contributed by atoms with Crippen molar-refractivity contribution in [3.05, 3.63) is 47.7 Å². The van der Waals surface area contributed by atoms with Gasteiger partial charge in [0.05, 0.1) is 6.04 Å². The number of carbonyl (C=O) groups is 5. The monoisotopic (exact) mass is 501 g/mol. The summed E-state index contributed by atoms with van der Waals surface area (Å²) in [4.78, 5) is 64.2. The van der Waals surface area contributed by atoms with Crippen LogP contribution in [0, 0.1) is 5.92 Å². The largest absolute Gasteiger partial charge is 0.455 e. The number of cyclic esters (lactones) is 1. The van der Waals surface area contributed by atoms with Gasteiger partial charge in [-0.05, 0) is 38.7 Å². The molecule has 1 aliphatic heterocycles. The molecule has 2 rings (SSSR count). The molecule has 0 unspecified atom stereocenters. The van der Waals surface area contributed by atoms with Crippen molar-refractivity contribution < 1.29 is 28.7 Å². The Morgan fingerprint density at radius 3 is 2.28 bits per heavy atom. The van der Waals surface area contributed by atoms with Crippen molar-refractivity contribution in [3.63, 3.8) is 0 Å². The molecule has 11 nitrogen and oxygen atoms in total. The maximum atomic E-state index is 13.3. The van der Waals surface area contributed by atoms with E-state index in [0.29, 0.717) is 0 Å². The van der Waals surface area contributed by atoms with Crippen LogP contribution < -0.4 is 27.0 Å². The molecule has 1 aliphatic rings. The Morgan fingerprint density at radius 1 is 1.06 bits per heavy atom. The first-order chi connectivity index (χ1) is 16.9. The molecule has 196 valence electrons. The summed E-state index contributed by atoms with van der Waals surface area (Å²) in [6.45, 7) is 7.83. The zero-order valence-electron chi connectivity index (χ0n) is 21.2. The molecule has 1 aromatic rings. The molecule has 0 bridgehead atoms. The highest BCUT2D eigenvalue weighted by molar-refractivity contribution is 5.99. The van der Waals surface area contributed by atoms with Crippen LogP contribution in [0.25, 0.3) is 0 Å². The smallest absolute Gasteiger partial charge is 0.354 e. The van der Waals surface area contributed by atoms with Crippen molar-refractivity contribution in [1.29, 1.82) is 0 Å². The Labute approximate surface area is 210 Å². The Hall–Kier alpha value is -3.73. The molecule has 11 heteroatoms. The lowest BCUT2D eigenvalue weighted by Gasteiger charge is -2.29. The highest BCUT2D eigenvalue weighted by Gasteiger charge is 2.36. The summed E-state index contributed by atoms with van der Waals surface area (Å²) < 4.78 is 5.41. The fourth-order valence-electron chi connectivity index (χ4n) is 3.55. The summed E-state index contributed by atoms with van der Waals surface area (Å²) in [7, 11) is 0. The number of hydrogen-bond acceptors (Lipinski definition) is 7. The summed E-state index contributed by atoms with van der Waals surface area (Å²) in [5.74, 6) is -3.85. The van der Waals surface area contributed by atoms with Crippen LogP contribution in [-0.4, -0.2) is 59.9 Å². The predicted molar refractivity (Wildman–Crippen MR) is 132 cm³/mol. The quantitative estimate of drug-likeness (QED) is 0.271. The molecular formula is C25H35N5O6. The molecule has 0 aromatic heterocycles. The predicted octanol–water partition coefficient (Wildman–Crippen LogP) is -0.348. The van der Waals surface area contributed by atoms with Gasteiger partial charge in [0, 0.05) is 0 Å². The molecule has 5 atom stereocenters. The first-order valence-corrected chi connectivity index (χ1v) is 11.8. The lowest BCUT2D eigenvalue weighted by molar-refractivity contribution is -0.149. The summed E-state index contributed by atoms with van der Waals surface area (Å²) >= 11 is 0. The zero-order valence-corrected chi connectivity index (χ0v) is 21.2. The molecule has 0 saturated carbocycles. The molecular weight excluding hydrogens is 466 g/mol. The van der Waals surface area contributed by atoms with Gasteiger partial charge in [-0.15, -0.1) is 0 Å². The molecule has 1 fully saturated rings. The lowest BCUT2D eigenvalue weighted by atomic mass is 10.0. The van der Waals surface area contributed by atoms with Crippen LogP contribution in [-0.2, 0) is 35.1 Å². The van der Waals surface area contributed by atoms with E-state index in [4.69, 9.17) is 10.5 Å². The second-order valence-corrected chi connectivity index (χ2v) is 9.05. The minimum absolute atomic E-state index is 0.168. The third-order valence-corrected chi connectivity index (χ3v) is 5.74. The maximum absolute atomic E-state index is 13.3. The van der Waals surface area contributed by atoms with Crippen molar-refractivity contribution in [2.75, 3.05) is 0 Å². The van der Waals surface area contributed by atoms with Gasteiger partial charge in [-0.3, -0.25) is 19.2 Å². The minimum atomic E-state index is -1.36. The van der Waals surface area contributed by atoms with Crippen LogP contribution in [0.3, 0.4) is 0 Å². The fourth-order valence-corrected chi connectivity index (χ4v) is 3.55. The molecule has 6 N–H and O–H groups in total. The second-order valence-electron chi connectivity index (χ2n) is 9.05. The van der Waals surface area contributed by atoms with E-state index >= 15 is 0 Å². The highest BCUT2D eigenvalue weighted by atomic mass is 16.5. The standard InChI is InChI=1S/C25H35N5O6/c1-6-18-25(35)36-15(5)20(30-22(32)17(26)12-16-10-8-7-9-11-16)24(34)29-19(13(2)3)23(33)27-14(4)21(31)28-18/h6-11,13-15,17,19-20H,12,26H2,1-5H3,(H,27,33)(H,28,31)(H,29,34)(H,30,32)/b18-6-/t14-,15+,17-,19-,20-/m0/s1. The van der Waals surface area contributed by atoms with E-state index in [9.17, 15) is 24.0 Å². The van der Waals surface area contributed by atoms with Crippen molar-refractivity contribution >= 4 is 29.6 Å². The number of hydrogen-bond donors (Lipinski definition) is 5. The number of nitrogens with two attached hydrogens (primary N) is 1. The van der Waals surface area contributed by atoms with Crippen LogP contribution in [0.1, 0.15) is 40.2 Å². The number of allylic oxidation sites excluding steroid dienone is 1. The first-order valence-electron chi connectivity index (χ1n) is 11.8. The van der Waals surface area contributed by atoms with E-state index in [1.54, 1.807) is 13.8 Å². The summed E-state index contributed by atoms with van der Waals surface area (Å²) in [5.41, 5.74) is 6.74. The minimum Gasteiger partial charge on any atom is -0.455 e. The molecule has 0 spiro atoms. The molecule has 1 aromatic carbocycles. The van der Waals surface area contributed by atoms with Crippen molar-refractivity contribution in [2.45, 2.75) is 71.3 Å². The molecule has 36 heavy (non-hydrogen) atoms. The average Bonchev–Trinajstić information content (AvgIpc) is 2.83. The number of carbonyl (C=O) groups excluding carboxylic acids is 5. The van der Waals surface area contributed by atoms with E-state index in [2.05, 4.69) is 21.3 Å². The second kappa shape index (κ2) is 12.8. The van der Waals surface area contributed by atoms with Crippen LogP contribution in [0.4, 0.5) is 0 Å². The molecule has 1 saturated heterocycles. The van der Waals surface area contributed by atoms with Gasteiger partial charge in [-0.2, -0.15) is 0 Å².